The maximum absolute atomic E-state index is 9.19. The Morgan fingerprint density at radius 3 is 2.89 bits per heavy atom. The predicted octanol–water partition coefficient (Wildman–Crippen LogP) is 2.67. The van der Waals surface area contributed by atoms with Gasteiger partial charge in [-0.05, 0) is 38.3 Å². The predicted molar refractivity (Wildman–Crippen MR) is 72.9 cm³/mol. The van der Waals surface area contributed by atoms with Gasteiger partial charge in [0.1, 0.15) is 11.9 Å². The van der Waals surface area contributed by atoms with Crippen molar-refractivity contribution in [2.24, 2.45) is 5.92 Å². The van der Waals surface area contributed by atoms with Crippen molar-refractivity contribution in [3.05, 3.63) is 23.4 Å². The van der Waals surface area contributed by atoms with Gasteiger partial charge in [0.05, 0.1) is 12.2 Å². The van der Waals surface area contributed by atoms with Crippen LogP contribution in [-0.4, -0.2) is 24.2 Å². The highest BCUT2D eigenvalue weighted by Gasteiger charge is 2.27. The van der Waals surface area contributed by atoms with Crippen molar-refractivity contribution in [2.75, 3.05) is 18.5 Å². The summed E-state index contributed by atoms with van der Waals surface area (Å²) in [7, 11) is 0. The van der Waals surface area contributed by atoms with Crippen LogP contribution in [0.4, 0.5) is 5.82 Å². The Balaban J connectivity index is 1.77. The molecule has 2 atom stereocenters. The molecule has 2 unspecified atom stereocenters. The van der Waals surface area contributed by atoms with E-state index in [4.69, 9.17) is 4.74 Å². The second-order valence-corrected chi connectivity index (χ2v) is 5.58. The van der Waals surface area contributed by atoms with Crippen LogP contribution >= 0.6 is 0 Å². The maximum atomic E-state index is 9.19. The lowest BCUT2D eigenvalue weighted by Gasteiger charge is -2.20. The van der Waals surface area contributed by atoms with Gasteiger partial charge in [-0.3, -0.25) is 0 Å². The van der Waals surface area contributed by atoms with Crippen LogP contribution < -0.4 is 5.32 Å². The number of nitrogens with one attached hydrogen (secondary N) is 1. The van der Waals surface area contributed by atoms with Crippen LogP contribution in [-0.2, 0) is 4.74 Å². The molecular weight excluding hydrogens is 238 g/mol. The average molecular weight is 257 g/mol. The number of nitrogens with zero attached hydrogens (tertiary/aromatic N) is 2. The zero-order valence-corrected chi connectivity index (χ0v) is 11.2. The molecule has 1 aliphatic heterocycles. The average Bonchev–Trinajstić information content (AvgIpc) is 3.13. The summed E-state index contributed by atoms with van der Waals surface area (Å²) in [5, 5.41) is 12.6. The first-order chi connectivity index (χ1) is 9.28. The van der Waals surface area contributed by atoms with Gasteiger partial charge in [-0.1, -0.05) is 0 Å². The summed E-state index contributed by atoms with van der Waals surface area (Å²) in [4.78, 5) is 4.64. The monoisotopic (exact) mass is 257 g/mol. The molecule has 4 nitrogen and oxygen atoms in total. The molecule has 1 aliphatic carbocycles. The quantitative estimate of drug-likeness (QED) is 0.901. The Labute approximate surface area is 113 Å². The van der Waals surface area contributed by atoms with Crippen LogP contribution in [0.3, 0.4) is 0 Å². The second kappa shape index (κ2) is 5.18. The summed E-state index contributed by atoms with van der Waals surface area (Å²) in [5.41, 5.74) is 1.76. The number of hydrogen-bond acceptors (Lipinski definition) is 4. The summed E-state index contributed by atoms with van der Waals surface area (Å²) >= 11 is 0. The molecule has 100 valence electrons. The fourth-order valence-electron chi connectivity index (χ4n) is 2.56. The summed E-state index contributed by atoms with van der Waals surface area (Å²) in [5.74, 6) is 1.86. The molecule has 0 bridgehead atoms. The van der Waals surface area contributed by atoms with Gasteiger partial charge in [0.2, 0.25) is 0 Å². The van der Waals surface area contributed by atoms with Gasteiger partial charge in [0, 0.05) is 30.2 Å². The summed E-state index contributed by atoms with van der Waals surface area (Å²) < 4.78 is 5.42. The first-order valence-corrected chi connectivity index (χ1v) is 7.03. The second-order valence-electron chi connectivity index (χ2n) is 5.58. The van der Waals surface area contributed by atoms with Gasteiger partial charge in [-0.2, -0.15) is 5.26 Å². The van der Waals surface area contributed by atoms with Crippen molar-refractivity contribution in [1.29, 1.82) is 5.26 Å². The van der Waals surface area contributed by atoms with E-state index < -0.39 is 0 Å². The van der Waals surface area contributed by atoms with Crippen molar-refractivity contribution >= 4 is 5.82 Å². The number of anilines is 1. The van der Waals surface area contributed by atoms with E-state index in [-0.39, 0.29) is 6.04 Å². The lowest BCUT2D eigenvalue weighted by Crippen LogP contribution is -2.27. The van der Waals surface area contributed by atoms with Crippen LogP contribution in [0.5, 0.6) is 0 Å². The van der Waals surface area contributed by atoms with E-state index in [1.807, 2.05) is 12.1 Å². The smallest absolute Gasteiger partial charge is 0.144 e. The van der Waals surface area contributed by atoms with Crippen molar-refractivity contribution in [2.45, 2.75) is 38.1 Å². The Hall–Kier alpha value is -1.60. The molecule has 2 aliphatic rings. The van der Waals surface area contributed by atoms with E-state index in [1.54, 1.807) is 0 Å². The van der Waals surface area contributed by atoms with E-state index in [0.717, 1.165) is 31.1 Å². The fraction of sp³-hybridized carbons (Fsp3) is 0.600. The number of hydrogen-bond donors (Lipinski definition) is 1. The lowest BCUT2D eigenvalue weighted by atomic mass is 10.0. The van der Waals surface area contributed by atoms with Gasteiger partial charge in [-0.25, -0.2) is 4.98 Å². The third-order valence-electron chi connectivity index (χ3n) is 4.07. The van der Waals surface area contributed by atoms with Crippen molar-refractivity contribution in [3.8, 4) is 6.07 Å². The molecule has 3 rings (SSSR count). The third-order valence-corrected chi connectivity index (χ3v) is 4.07. The van der Waals surface area contributed by atoms with E-state index in [9.17, 15) is 5.26 Å². The van der Waals surface area contributed by atoms with Crippen LogP contribution in [0.25, 0.3) is 0 Å². The molecule has 2 fully saturated rings. The highest BCUT2D eigenvalue weighted by molar-refractivity contribution is 5.53. The van der Waals surface area contributed by atoms with Crippen molar-refractivity contribution in [1.82, 2.24) is 4.98 Å². The molecule has 1 saturated carbocycles. The van der Waals surface area contributed by atoms with Crippen molar-refractivity contribution in [3.63, 3.8) is 0 Å². The number of rotatable bonds is 4. The molecule has 1 aromatic rings. The first kappa shape index (κ1) is 12.4. The van der Waals surface area contributed by atoms with E-state index >= 15 is 0 Å². The summed E-state index contributed by atoms with van der Waals surface area (Å²) in [6, 6.07) is 6.39. The minimum Gasteiger partial charge on any atom is -0.381 e. The van der Waals surface area contributed by atoms with Gasteiger partial charge in [0.15, 0.2) is 0 Å². The first-order valence-electron chi connectivity index (χ1n) is 7.03. The zero-order chi connectivity index (χ0) is 13.2. The number of ether oxygens (including phenoxy) is 1. The highest BCUT2D eigenvalue weighted by atomic mass is 16.5. The largest absolute Gasteiger partial charge is 0.381 e. The van der Waals surface area contributed by atoms with E-state index in [0.29, 0.717) is 17.4 Å². The molecule has 1 saturated heterocycles. The van der Waals surface area contributed by atoms with Crippen LogP contribution in [0.2, 0.25) is 0 Å². The number of pyridine rings is 1. The molecule has 0 spiro atoms. The van der Waals surface area contributed by atoms with Gasteiger partial charge in [-0.15, -0.1) is 0 Å². The zero-order valence-electron chi connectivity index (χ0n) is 11.2. The SMILES string of the molecule is CC(Nc1nc(C2CC2)ccc1C#N)C1CCOC1. The number of nitriles is 1. The van der Waals surface area contributed by atoms with Crippen LogP contribution in [0.15, 0.2) is 12.1 Å². The maximum Gasteiger partial charge on any atom is 0.144 e. The Morgan fingerprint density at radius 2 is 2.26 bits per heavy atom. The van der Waals surface area contributed by atoms with Crippen molar-refractivity contribution < 1.29 is 4.74 Å². The third kappa shape index (κ3) is 2.71. The Morgan fingerprint density at radius 1 is 1.42 bits per heavy atom. The normalized spacial score (nSPS) is 23.9. The number of aromatic nitrogens is 1. The molecule has 2 heterocycles. The highest BCUT2D eigenvalue weighted by Crippen LogP contribution is 2.39. The summed E-state index contributed by atoms with van der Waals surface area (Å²) in [6.07, 6.45) is 3.53. The Bertz CT molecular complexity index is 499. The summed E-state index contributed by atoms with van der Waals surface area (Å²) in [6.45, 7) is 3.79. The molecule has 1 N–H and O–H groups in total. The molecule has 0 amide bonds. The topological polar surface area (TPSA) is 57.9 Å². The molecule has 1 aromatic heterocycles. The minimum atomic E-state index is 0.288. The standard InChI is InChI=1S/C15H19N3O/c1-10(13-6-7-19-9-13)17-15-12(8-16)4-5-14(18-15)11-2-3-11/h4-5,10-11,13H,2-3,6-7,9H2,1H3,(H,17,18). The van der Waals surface area contributed by atoms with E-state index in [1.165, 1.54) is 12.8 Å². The van der Waals surface area contributed by atoms with E-state index in [2.05, 4.69) is 23.3 Å². The van der Waals surface area contributed by atoms with Crippen LogP contribution in [0, 0.1) is 17.2 Å². The fourth-order valence-corrected chi connectivity index (χ4v) is 2.56. The molecule has 0 radical (unpaired) electrons. The van der Waals surface area contributed by atoms with Gasteiger partial charge in [0.25, 0.3) is 0 Å². The Kier molecular flexibility index (Phi) is 3.39. The lowest BCUT2D eigenvalue weighted by molar-refractivity contribution is 0.183. The van der Waals surface area contributed by atoms with Gasteiger partial charge >= 0.3 is 0 Å². The molecule has 19 heavy (non-hydrogen) atoms. The molecule has 4 heteroatoms. The minimum absolute atomic E-state index is 0.288. The molecular formula is C15H19N3O. The van der Waals surface area contributed by atoms with Gasteiger partial charge < -0.3 is 10.1 Å². The molecule has 0 aromatic carbocycles. The van der Waals surface area contributed by atoms with Crippen LogP contribution in [0.1, 0.15) is 43.4 Å².